The molecule has 0 spiro atoms. The molecule has 2 heterocycles. The van der Waals surface area contributed by atoms with Gasteiger partial charge < -0.3 is 15.0 Å². The molecule has 22 heavy (non-hydrogen) atoms. The Morgan fingerprint density at radius 2 is 2.05 bits per heavy atom. The number of hydrogen-bond acceptors (Lipinski definition) is 4. The minimum absolute atomic E-state index is 0.358. The molecule has 3 rings (SSSR count). The topological polar surface area (TPSA) is 66.0 Å². The number of benzene rings is 1. The Bertz CT molecular complexity index is 783. The molecule has 3 aromatic rings. The first-order chi connectivity index (χ1) is 10.7. The lowest BCUT2D eigenvalue weighted by Crippen LogP contribution is -2.14. The molecule has 2 aromatic heterocycles. The Kier molecular flexibility index (Phi) is 4.27. The third-order valence-electron chi connectivity index (χ3n) is 3.33. The fourth-order valence-corrected chi connectivity index (χ4v) is 2.44. The summed E-state index contributed by atoms with van der Waals surface area (Å²) < 4.78 is 7.79. The smallest absolute Gasteiger partial charge is 0.160 e. The predicted molar refractivity (Wildman–Crippen MR) is 87.1 cm³/mol. The minimum Gasteiger partial charge on any atom is -0.486 e. The molecular formula is C16H17ClN4O. The van der Waals surface area contributed by atoms with Crippen molar-refractivity contribution in [1.29, 1.82) is 0 Å². The Labute approximate surface area is 133 Å². The summed E-state index contributed by atoms with van der Waals surface area (Å²) in [4.78, 5) is 9.08. The number of ether oxygens (including phenoxy) is 1. The number of fused-ring (bicyclic) bond motifs is 1. The first-order valence-electron chi connectivity index (χ1n) is 7.07. The fourth-order valence-electron chi connectivity index (χ4n) is 2.31. The predicted octanol–water partition coefficient (Wildman–Crippen LogP) is 2.93. The molecule has 0 aliphatic heterocycles. The standard InChI is InChI=1S/C16H17ClN4O/c1-11-8-14-16(19-9-11)21(7-6-18)15(20-14)10-22-13-4-2-12(17)3-5-13/h2-5,8-9H,6-7,10,18H2,1H3. The summed E-state index contributed by atoms with van der Waals surface area (Å²) in [5.41, 5.74) is 8.48. The van der Waals surface area contributed by atoms with Crippen LogP contribution in [-0.2, 0) is 13.2 Å². The van der Waals surface area contributed by atoms with Gasteiger partial charge in [0, 0.05) is 24.3 Å². The molecule has 0 saturated heterocycles. The van der Waals surface area contributed by atoms with Gasteiger partial charge in [-0.2, -0.15) is 0 Å². The molecule has 0 aliphatic rings. The number of hydrogen-bond donors (Lipinski definition) is 1. The normalized spacial score (nSPS) is 11.0. The molecule has 2 N–H and O–H groups in total. The first-order valence-corrected chi connectivity index (χ1v) is 7.45. The van der Waals surface area contributed by atoms with Crippen LogP contribution in [0.15, 0.2) is 36.5 Å². The van der Waals surface area contributed by atoms with Gasteiger partial charge >= 0.3 is 0 Å². The zero-order valence-corrected chi connectivity index (χ0v) is 13.0. The summed E-state index contributed by atoms with van der Waals surface area (Å²) in [6.07, 6.45) is 1.83. The maximum absolute atomic E-state index is 5.87. The SMILES string of the molecule is Cc1cnc2c(c1)nc(COc1ccc(Cl)cc1)n2CCN. The van der Waals surface area contributed by atoms with Gasteiger partial charge in [0.2, 0.25) is 0 Å². The van der Waals surface area contributed by atoms with Gasteiger partial charge in [0.05, 0.1) is 0 Å². The Balaban J connectivity index is 1.88. The van der Waals surface area contributed by atoms with E-state index in [-0.39, 0.29) is 0 Å². The van der Waals surface area contributed by atoms with Gasteiger partial charge in [-0.05, 0) is 42.8 Å². The van der Waals surface area contributed by atoms with Gasteiger partial charge in [0.15, 0.2) is 5.65 Å². The number of imidazole rings is 1. The highest BCUT2D eigenvalue weighted by Gasteiger charge is 2.12. The molecule has 1 aromatic carbocycles. The van der Waals surface area contributed by atoms with Crippen molar-refractivity contribution in [3.63, 3.8) is 0 Å². The second kappa shape index (κ2) is 6.34. The van der Waals surface area contributed by atoms with Crippen LogP contribution >= 0.6 is 11.6 Å². The third kappa shape index (κ3) is 3.05. The fraction of sp³-hybridized carbons (Fsp3) is 0.250. The summed E-state index contributed by atoms with van der Waals surface area (Å²) >= 11 is 5.87. The highest BCUT2D eigenvalue weighted by molar-refractivity contribution is 6.30. The maximum atomic E-state index is 5.87. The molecule has 0 fully saturated rings. The van der Waals surface area contributed by atoms with E-state index in [0.29, 0.717) is 24.7 Å². The second-order valence-corrected chi connectivity index (χ2v) is 5.50. The van der Waals surface area contributed by atoms with Crippen LogP contribution < -0.4 is 10.5 Å². The number of aromatic nitrogens is 3. The van der Waals surface area contributed by atoms with Crippen LogP contribution in [0.4, 0.5) is 0 Å². The van der Waals surface area contributed by atoms with Crippen LogP contribution in [0.3, 0.4) is 0 Å². The quantitative estimate of drug-likeness (QED) is 0.786. The summed E-state index contributed by atoms with van der Waals surface area (Å²) in [6, 6.07) is 9.28. The van der Waals surface area contributed by atoms with E-state index in [1.165, 1.54) is 0 Å². The zero-order valence-electron chi connectivity index (χ0n) is 12.3. The molecule has 0 atom stereocenters. The monoisotopic (exact) mass is 316 g/mol. The van der Waals surface area contributed by atoms with Crippen molar-refractivity contribution < 1.29 is 4.74 Å². The number of nitrogens with zero attached hydrogens (tertiary/aromatic N) is 3. The lowest BCUT2D eigenvalue weighted by molar-refractivity contribution is 0.290. The van der Waals surface area contributed by atoms with Crippen LogP contribution in [-0.4, -0.2) is 21.1 Å². The van der Waals surface area contributed by atoms with Crippen molar-refractivity contribution in [3.8, 4) is 5.75 Å². The van der Waals surface area contributed by atoms with Crippen LogP contribution in [0.25, 0.3) is 11.2 Å². The molecule has 0 unspecified atom stereocenters. The van der Waals surface area contributed by atoms with E-state index in [2.05, 4.69) is 9.97 Å². The maximum Gasteiger partial charge on any atom is 0.160 e. The Morgan fingerprint density at radius 3 is 2.77 bits per heavy atom. The lowest BCUT2D eigenvalue weighted by Gasteiger charge is -2.09. The van der Waals surface area contributed by atoms with E-state index in [1.54, 1.807) is 12.1 Å². The van der Waals surface area contributed by atoms with Gasteiger partial charge in [-0.1, -0.05) is 11.6 Å². The lowest BCUT2D eigenvalue weighted by atomic mass is 10.3. The number of halogens is 1. The van der Waals surface area contributed by atoms with E-state index in [9.17, 15) is 0 Å². The number of rotatable bonds is 5. The molecule has 0 saturated carbocycles. The first kappa shape index (κ1) is 14.8. The van der Waals surface area contributed by atoms with Crippen LogP contribution in [0, 0.1) is 6.92 Å². The van der Waals surface area contributed by atoms with Gasteiger partial charge in [-0.3, -0.25) is 0 Å². The van der Waals surface area contributed by atoms with Crippen LogP contribution in [0.5, 0.6) is 5.75 Å². The summed E-state index contributed by atoms with van der Waals surface area (Å²) in [6.45, 7) is 3.54. The van der Waals surface area contributed by atoms with Crippen LogP contribution in [0.2, 0.25) is 5.02 Å². The van der Waals surface area contributed by atoms with Crippen molar-refractivity contribution in [3.05, 3.63) is 52.9 Å². The average molecular weight is 317 g/mol. The van der Waals surface area contributed by atoms with E-state index in [4.69, 9.17) is 22.1 Å². The van der Waals surface area contributed by atoms with Crippen molar-refractivity contribution in [1.82, 2.24) is 14.5 Å². The second-order valence-electron chi connectivity index (χ2n) is 5.07. The number of pyridine rings is 1. The van der Waals surface area contributed by atoms with E-state index in [1.807, 2.05) is 35.9 Å². The number of nitrogens with two attached hydrogens (primary N) is 1. The molecular weight excluding hydrogens is 300 g/mol. The molecule has 5 nitrogen and oxygen atoms in total. The average Bonchev–Trinajstić information content (AvgIpc) is 2.84. The van der Waals surface area contributed by atoms with Gasteiger partial charge in [-0.25, -0.2) is 9.97 Å². The Morgan fingerprint density at radius 1 is 1.27 bits per heavy atom. The van der Waals surface area contributed by atoms with E-state index < -0.39 is 0 Å². The zero-order chi connectivity index (χ0) is 15.5. The van der Waals surface area contributed by atoms with Gasteiger partial charge in [0.1, 0.15) is 23.7 Å². The van der Waals surface area contributed by atoms with Gasteiger partial charge in [0.25, 0.3) is 0 Å². The third-order valence-corrected chi connectivity index (χ3v) is 3.59. The highest BCUT2D eigenvalue weighted by atomic mass is 35.5. The molecule has 6 heteroatoms. The largest absolute Gasteiger partial charge is 0.486 e. The molecule has 0 bridgehead atoms. The van der Waals surface area contributed by atoms with Crippen molar-refractivity contribution in [2.24, 2.45) is 5.73 Å². The summed E-state index contributed by atoms with van der Waals surface area (Å²) in [5, 5.41) is 0.683. The molecule has 0 amide bonds. The summed E-state index contributed by atoms with van der Waals surface area (Å²) in [5.74, 6) is 1.56. The summed E-state index contributed by atoms with van der Waals surface area (Å²) in [7, 11) is 0. The Hall–Kier alpha value is -2.11. The van der Waals surface area contributed by atoms with E-state index >= 15 is 0 Å². The van der Waals surface area contributed by atoms with Crippen molar-refractivity contribution in [2.45, 2.75) is 20.1 Å². The van der Waals surface area contributed by atoms with E-state index in [0.717, 1.165) is 28.3 Å². The van der Waals surface area contributed by atoms with Gasteiger partial charge in [-0.15, -0.1) is 0 Å². The molecule has 0 radical (unpaired) electrons. The van der Waals surface area contributed by atoms with Crippen molar-refractivity contribution in [2.75, 3.05) is 6.54 Å². The molecule has 114 valence electrons. The van der Waals surface area contributed by atoms with Crippen molar-refractivity contribution >= 4 is 22.8 Å². The number of aryl methyl sites for hydroxylation is 1. The highest BCUT2D eigenvalue weighted by Crippen LogP contribution is 2.19. The minimum atomic E-state index is 0.358. The van der Waals surface area contributed by atoms with Crippen LogP contribution in [0.1, 0.15) is 11.4 Å². The molecule has 0 aliphatic carbocycles.